The molecule has 1 aromatic carbocycles. The van der Waals surface area contributed by atoms with Gasteiger partial charge < -0.3 is 4.74 Å². The van der Waals surface area contributed by atoms with Crippen LogP contribution in [0.5, 0.6) is 5.75 Å². The quantitative estimate of drug-likeness (QED) is 0.488. The molecule has 152 valence electrons. The first-order valence-electron chi connectivity index (χ1n) is 10.7. The summed E-state index contributed by atoms with van der Waals surface area (Å²) in [5, 5.41) is 0. The van der Waals surface area contributed by atoms with Crippen molar-refractivity contribution in [3.8, 4) is 5.75 Å². The monoisotopic (exact) mass is 386 g/mol. The molecule has 3 rings (SSSR count). The van der Waals surface area contributed by atoms with Crippen LogP contribution >= 0.6 is 0 Å². The third kappa shape index (κ3) is 3.94. The van der Waals surface area contributed by atoms with Crippen LogP contribution in [0.3, 0.4) is 0 Å². The van der Waals surface area contributed by atoms with E-state index >= 15 is 0 Å². The van der Waals surface area contributed by atoms with E-state index in [1.54, 1.807) is 13.0 Å². The highest BCUT2D eigenvalue weighted by Gasteiger charge is 2.30. The van der Waals surface area contributed by atoms with E-state index in [1.165, 1.54) is 36.5 Å². The van der Waals surface area contributed by atoms with Crippen molar-refractivity contribution >= 4 is 5.57 Å². The van der Waals surface area contributed by atoms with Crippen LogP contribution in [0, 0.1) is 23.0 Å². The predicted octanol–water partition coefficient (Wildman–Crippen LogP) is 7.63. The van der Waals surface area contributed by atoms with Crippen LogP contribution in [-0.4, -0.2) is 6.61 Å². The number of benzene rings is 1. The molecule has 3 heteroatoms. The van der Waals surface area contributed by atoms with Gasteiger partial charge in [0.25, 0.3) is 0 Å². The van der Waals surface area contributed by atoms with Crippen molar-refractivity contribution in [1.29, 1.82) is 0 Å². The second-order valence-electron chi connectivity index (χ2n) is 8.23. The van der Waals surface area contributed by atoms with Gasteiger partial charge in [-0.05, 0) is 72.8 Å². The van der Waals surface area contributed by atoms with E-state index in [4.69, 9.17) is 4.74 Å². The fraction of sp³-hybridized carbons (Fsp3) is 0.520. The molecule has 1 unspecified atom stereocenters. The summed E-state index contributed by atoms with van der Waals surface area (Å²) in [4.78, 5) is 0. The maximum atomic E-state index is 14.6. The lowest BCUT2D eigenvalue weighted by atomic mass is 9.69. The predicted molar refractivity (Wildman–Crippen MR) is 112 cm³/mol. The molecular formula is C25H32F2O. The molecule has 1 aromatic rings. The topological polar surface area (TPSA) is 9.23 Å². The zero-order chi connectivity index (χ0) is 20.3. The molecule has 2 aliphatic rings. The van der Waals surface area contributed by atoms with Gasteiger partial charge in [0.05, 0.1) is 6.61 Å². The Bertz CT molecular complexity index is 812. The Morgan fingerprint density at radius 2 is 1.79 bits per heavy atom. The molecule has 0 aliphatic heterocycles. The van der Waals surface area contributed by atoms with Crippen LogP contribution in [0.1, 0.15) is 71.8 Å². The molecule has 1 nitrogen and oxygen atoms in total. The van der Waals surface area contributed by atoms with Gasteiger partial charge in [-0.2, -0.15) is 4.39 Å². The first-order chi connectivity index (χ1) is 13.4. The summed E-state index contributed by atoms with van der Waals surface area (Å²) in [7, 11) is 0. The van der Waals surface area contributed by atoms with Crippen molar-refractivity contribution in [3.05, 3.63) is 58.7 Å². The average molecular weight is 387 g/mol. The van der Waals surface area contributed by atoms with Gasteiger partial charge in [0.15, 0.2) is 11.6 Å². The van der Waals surface area contributed by atoms with Crippen LogP contribution in [0.2, 0.25) is 0 Å². The number of rotatable bonds is 6. The van der Waals surface area contributed by atoms with Crippen LogP contribution < -0.4 is 4.74 Å². The van der Waals surface area contributed by atoms with E-state index in [9.17, 15) is 8.78 Å². The van der Waals surface area contributed by atoms with E-state index < -0.39 is 11.6 Å². The van der Waals surface area contributed by atoms with Gasteiger partial charge in [0.2, 0.25) is 5.82 Å². The van der Waals surface area contributed by atoms with Crippen molar-refractivity contribution in [3.63, 3.8) is 0 Å². The summed E-state index contributed by atoms with van der Waals surface area (Å²) in [5.41, 5.74) is 4.46. The van der Waals surface area contributed by atoms with Crippen molar-refractivity contribution < 1.29 is 13.5 Å². The number of ether oxygens (including phenoxy) is 1. The minimum absolute atomic E-state index is 0.0212. The Kier molecular flexibility index (Phi) is 6.42. The maximum Gasteiger partial charge on any atom is 0.201 e. The summed E-state index contributed by atoms with van der Waals surface area (Å²) in [5.74, 6) is -1.43. The highest BCUT2D eigenvalue weighted by molar-refractivity contribution is 5.71. The molecule has 0 bridgehead atoms. The normalized spacial score (nSPS) is 21.6. The molecule has 0 spiro atoms. The van der Waals surface area contributed by atoms with E-state index in [-0.39, 0.29) is 5.75 Å². The molecule has 0 saturated carbocycles. The molecule has 28 heavy (non-hydrogen) atoms. The van der Waals surface area contributed by atoms with Gasteiger partial charge in [-0.1, -0.05) is 51.8 Å². The molecular weight excluding hydrogens is 354 g/mol. The molecule has 0 fully saturated rings. The van der Waals surface area contributed by atoms with Crippen molar-refractivity contribution in [2.75, 3.05) is 6.61 Å². The lowest BCUT2D eigenvalue weighted by molar-refractivity contribution is 0.232. The van der Waals surface area contributed by atoms with Crippen LogP contribution in [0.25, 0.3) is 5.57 Å². The highest BCUT2D eigenvalue weighted by Crippen LogP contribution is 2.45. The molecule has 1 atom stereocenters. The largest absolute Gasteiger partial charge is 0.491 e. The molecule has 0 amide bonds. The highest BCUT2D eigenvalue weighted by atomic mass is 19.2. The minimum Gasteiger partial charge on any atom is -0.491 e. The smallest absolute Gasteiger partial charge is 0.201 e. The lowest BCUT2D eigenvalue weighted by Gasteiger charge is -2.36. The third-order valence-corrected chi connectivity index (χ3v) is 6.79. The first kappa shape index (κ1) is 20.8. The maximum absolute atomic E-state index is 14.6. The van der Waals surface area contributed by atoms with E-state index in [1.807, 2.05) is 6.08 Å². The standard InChI is InChI=1S/C25H32F2O/c1-5-25(6-2)14-12-18(13-15-25)20-9-8-19(16-17(20)4)21-10-11-22(28-7-3)24(27)23(21)26/h8-12,17H,5-7,13-16H2,1-4H3. The summed E-state index contributed by atoms with van der Waals surface area (Å²) in [6.07, 6.45) is 13.2. The van der Waals surface area contributed by atoms with Crippen molar-refractivity contribution in [2.45, 2.75) is 66.2 Å². The molecule has 2 aliphatic carbocycles. The number of hydrogen-bond donors (Lipinski definition) is 0. The van der Waals surface area contributed by atoms with E-state index in [0.29, 0.717) is 23.5 Å². The number of halogens is 2. The zero-order valence-electron chi connectivity index (χ0n) is 17.6. The van der Waals surface area contributed by atoms with Crippen LogP contribution in [0.4, 0.5) is 8.78 Å². The van der Waals surface area contributed by atoms with Gasteiger partial charge in [0.1, 0.15) is 0 Å². The van der Waals surface area contributed by atoms with Gasteiger partial charge in [-0.15, -0.1) is 0 Å². The Morgan fingerprint density at radius 3 is 2.36 bits per heavy atom. The van der Waals surface area contributed by atoms with Crippen LogP contribution in [-0.2, 0) is 0 Å². The lowest BCUT2D eigenvalue weighted by Crippen LogP contribution is -2.22. The van der Waals surface area contributed by atoms with Gasteiger partial charge in [0, 0.05) is 5.56 Å². The fourth-order valence-electron chi connectivity index (χ4n) is 4.63. The number of allylic oxidation sites excluding steroid dienone is 6. The molecule has 0 radical (unpaired) electrons. The molecule has 0 saturated heterocycles. The van der Waals surface area contributed by atoms with Crippen molar-refractivity contribution in [2.24, 2.45) is 11.3 Å². The summed E-state index contributed by atoms with van der Waals surface area (Å²) < 4.78 is 34.0. The average Bonchev–Trinajstić information content (AvgIpc) is 2.72. The first-order valence-corrected chi connectivity index (χ1v) is 10.7. The Labute approximate surface area is 168 Å². The second-order valence-corrected chi connectivity index (χ2v) is 8.23. The minimum atomic E-state index is -0.895. The molecule has 0 N–H and O–H groups in total. The zero-order valence-corrected chi connectivity index (χ0v) is 17.6. The van der Waals surface area contributed by atoms with Gasteiger partial charge in [-0.3, -0.25) is 0 Å². The SMILES string of the molecule is CCOc1ccc(C2=CC=C(C3=CCC(CC)(CC)CC3)C(C)C2)c(F)c1F. The van der Waals surface area contributed by atoms with E-state index in [0.717, 1.165) is 24.8 Å². The Balaban J connectivity index is 1.85. The van der Waals surface area contributed by atoms with Crippen LogP contribution in [0.15, 0.2) is 41.5 Å². The molecule has 0 heterocycles. The van der Waals surface area contributed by atoms with Crippen molar-refractivity contribution in [1.82, 2.24) is 0 Å². The third-order valence-electron chi connectivity index (χ3n) is 6.79. The summed E-state index contributed by atoms with van der Waals surface area (Å²) >= 11 is 0. The number of hydrogen-bond acceptors (Lipinski definition) is 1. The Morgan fingerprint density at radius 1 is 1.04 bits per heavy atom. The second kappa shape index (κ2) is 8.63. The summed E-state index contributed by atoms with van der Waals surface area (Å²) in [6, 6.07) is 3.16. The summed E-state index contributed by atoms with van der Waals surface area (Å²) in [6.45, 7) is 8.85. The van der Waals surface area contributed by atoms with Gasteiger partial charge >= 0.3 is 0 Å². The Hall–Kier alpha value is -1.90. The molecule has 0 aromatic heterocycles. The van der Waals surface area contributed by atoms with E-state index in [2.05, 4.69) is 32.9 Å². The van der Waals surface area contributed by atoms with Gasteiger partial charge in [-0.25, -0.2) is 4.39 Å². The fourth-order valence-corrected chi connectivity index (χ4v) is 4.63.